The molecule has 0 aromatic carbocycles. The van der Waals surface area contributed by atoms with Gasteiger partial charge in [0, 0.05) is 0 Å². The first-order valence-corrected chi connectivity index (χ1v) is 3.89. The molecular weight excluding hydrogens is 214 g/mol. The second-order valence-corrected chi connectivity index (χ2v) is 4.23. The van der Waals surface area contributed by atoms with Crippen LogP contribution in [0.1, 0.15) is 6.92 Å². The molecule has 0 fully saturated rings. The number of aliphatic hydroxyl groups excluding tert-OH is 1. The van der Waals surface area contributed by atoms with Crippen LogP contribution in [0.25, 0.3) is 0 Å². The van der Waals surface area contributed by atoms with E-state index in [4.69, 9.17) is 39.9 Å². The molecule has 3 nitrogen and oxygen atoms in total. The van der Waals surface area contributed by atoms with Crippen molar-refractivity contribution in [3.8, 4) is 0 Å². The minimum atomic E-state index is -2.06. The number of halogens is 3. The molecule has 0 heterocycles. The molecule has 0 amide bonds. The summed E-state index contributed by atoms with van der Waals surface area (Å²) in [6.45, 7) is 1.28. The summed E-state index contributed by atoms with van der Waals surface area (Å²) < 4.78 is 2.32. The quantitative estimate of drug-likeness (QED) is 0.564. The minimum absolute atomic E-state index is 0.174. The number of carbonyl (C=O) groups is 1. The van der Waals surface area contributed by atoms with Crippen LogP contribution in [0, 0.1) is 0 Å². The van der Waals surface area contributed by atoms with E-state index >= 15 is 0 Å². The molecule has 6 heteroatoms. The van der Waals surface area contributed by atoms with Crippen molar-refractivity contribution in [3.63, 3.8) is 0 Å². The second-order valence-electron chi connectivity index (χ2n) is 1.95. The Hall–Kier alpha value is 0.300. The highest BCUT2D eigenvalue weighted by Crippen LogP contribution is 2.27. The van der Waals surface area contributed by atoms with Gasteiger partial charge in [0.15, 0.2) is 0 Å². The first-order valence-electron chi connectivity index (χ1n) is 2.76. The summed E-state index contributed by atoms with van der Waals surface area (Å²) in [5.74, 6) is -0.983. The molecule has 0 radical (unpaired) electrons. The van der Waals surface area contributed by atoms with Gasteiger partial charge in [-0.1, -0.05) is 34.8 Å². The standard InChI is InChI=1S/C5H7Cl3O3/c1-3(9)2-11-4(10)5(6,7)8/h3,9H,2H2,1H3. The van der Waals surface area contributed by atoms with Gasteiger partial charge in [-0.3, -0.25) is 0 Å². The third kappa shape index (κ3) is 5.56. The number of rotatable bonds is 2. The highest BCUT2D eigenvalue weighted by atomic mass is 35.6. The van der Waals surface area contributed by atoms with E-state index in [1.807, 2.05) is 0 Å². The lowest BCUT2D eigenvalue weighted by molar-refractivity contribution is -0.145. The number of esters is 1. The number of ether oxygens (including phenoxy) is 1. The van der Waals surface area contributed by atoms with Crippen LogP contribution in [0.2, 0.25) is 0 Å². The van der Waals surface area contributed by atoms with Gasteiger partial charge < -0.3 is 9.84 Å². The maximum absolute atomic E-state index is 10.6. The number of hydrogen-bond donors (Lipinski definition) is 1. The zero-order chi connectivity index (χ0) is 9.07. The van der Waals surface area contributed by atoms with E-state index in [-0.39, 0.29) is 6.61 Å². The topological polar surface area (TPSA) is 46.5 Å². The Bertz CT molecular complexity index is 140. The molecule has 0 aromatic rings. The van der Waals surface area contributed by atoms with Crippen molar-refractivity contribution < 1.29 is 14.6 Å². The van der Waals surface area contributed by atoms with E-state index in [0.717, 1.165) is 0 Å². The molecule has 1 N–H and O–H groups in total. The van der Waals surface area contributed by atoms with Crippen LogP contribution in [-0.4, -0.2) is 27.6 Å². The molecule has 0 aliphatic heterocycles. The average molecular weight is 221 g/mol. The molecule has 0 saturated carbocycles. The van der Waals surface area contributed by atoms with E-state index in [1.54, 1.807) is 0 Å². The van der Waals surface area contributed by atoms with Crippen molar-refractivity contribution in [2.75, 3.05) is 6.61 Å². The Labute approximate surface area is 79.2 Å². The SMILES string of the molecule is CC(O)COC(=O)C(Cl)(Cl)Cl. The largest absolute Gasteiger partial charge is 0.460 e. The third-order valence-electron chi connectivity index (χ3n) is 0.687. The second kappa shape index (κ2) is 4.36. The fraction of sp³-hybridized carbons (Fsp3) is 0.800. The monoisotopic (exact) mass is 220 g/mol. The smallest absolute Gasteiger partial charge is 0.358 e. The van der Waals surface area contributed by atoms with Crippen molar-refractivity contribution in [1.29, 1.82) is 0 Å². The summed E-state index contributed by atoms with van der Waals surface area (Å²) >= 11 is 15.4. The molecule has 66 valence electrons. The number of alkyl halides is 3. The van der Waals surface area contributed by atoms with Crippen LogP contribution in [0.4, 0.5) is 0 Å². The van der Waals surface area contributed by atoms with Gasteiger partial charge in [0.2, 0.25) is 0 Å². The van der Waals surface area contributed by atoms with Crippen LogP contribution in [-0.2, 0) is 9.53 Å². The number of hydrogen-bond acceptors (Lipinski definition) is 3. The van der Waals surface area contributed by atoms with Crippen LogP contribution in [0.15, 0.2) is 0 Å². The zero-order valence-electron chi connectivity index (χ0n) is 5.68. The van der Waals surface area contributed by atoms with Crippen LogP contribution < -0.4 is 0 Å². The number of carbonyl (C=O) groups excluding carboxylic acids is 1. The maximum Gasteiger partial charge on any atom is 0.358 e. The van der Waals surface area contributed by atoms with E-state index < -0.39 is 15.9 Å². The van der Waals surface area contributed by atoms with Crippen LogP contribution >= 0.6 is 34.8 Å². The summed E-state index contributed by atoms with van der Waals surface area (Å²) in [4.78, 5) is 10.6. The summed E-state index contributed by atoms with van der Waals surface area (Å²) in [5, 5.41) is 8.66. The van der Waals surface area contributed by atoms with Gasteiger partial charge in [0.25, 0.3) is 3.79 Å². The van der Waals surface area contributed by atoms with Crippen molar-refractivity contribution >= 4 is 40.8 Å². The van der Waals surface area contributed by atoms with E-state index in [2.05, 4.69) is 4.74 Å². The highest BCUT2D eigenvalue weighted by molar-refractivity contribution is 6.75. The van der Waals surface area contributed by atoms with Gasteiger partial charge >= 0.3 is 5.97 Å². The van der Waals surface area contributed by atoms with Crippen LogP contribution in [0.5, 0.6) is 0 Å². The van der Waals surface area contributed by atoms with Gasteiger partial charge in [0.1, 0.15) is 6.61 Å². The van der Waals surface area contributed by atoms with Gasteiger partial charge in [-0.2, -0.15) is 0 Å². The lowest BCUT2D eigenvalue weighted by Gasteiger charge is -2.11. The summed E-state index contributed by atoms with van der Waals surface area (Å²) in [7, 11) is 0. The Morgan fingerprint density at radius 2 is 2.09 bits per heavy atom. The average Bonchev–Trinajstić information content (AvgIpc) is 1.80. The fourth-order valence-electron chi connectivity index (χ4n) is 0.278. The molecular formula is C5H7Cl3O3. The first kappa shape index (κ1) is 11.3. The Morgan fingerprint density at radius 1 is 1.64 bits per heavy atom. The minimum Gasteiger partial charge on any atom is -0.460 e. The first-order chi connectivity index (χ1) is 4.84. The molecule has 0 aromatic heterocycles. The molecule has 1 unspecified atom stereocenters. The molecule has 0 spiro atoms. The van der Waals surface area contributed by atoms with Crippen molar-refractivity contribution in [2.45, 2.75) is 16.8 Å². The Balaban J connectivity index is 3.71. The third-order valence-corrected chi connectivity index (χ3v) is 1.15. The van der Waals surface area contributed by atoms with Gasteiger partial charge in [-0.25, -0.2) is 4.79 Å². The summed E-state index contributed by atoms with van der Waals surface area (Å²) in [6, 6.07) is 0. The van der Waals surface area contributed by atoms with Gasteiger partial charge in [-0.05, 0) is 6.92 Å². The molecule has 1 atom stereocenters. The summed E-state index contributed by atoms with van der Waals surface area (Å²) in [5.41, 5.74) is 0. The molecule has 0 aliphatic rings. The molecule has 0 rings (SSSR count). The lowest BCUT2D eigenvalue weighted by Crippen LogP contribution is -2.25. The lowest BCUT2D eigenvalue weighted by atomic mass is 10.4. The Kier molecular flexibility index (Phi) is 4.48. The van der Waals surface area contributed by atoms with E-state index in [0.29, 0.717) is 0 Å². The van der Waals surface area contributed by atoms with Crippen molar-refractivity contribution in [2.24, 2.45) is 0 Å². The van der Waals surface area contributed by atoms with Gasteiger partial charge in [0.05, 0.1) is 6.10 Å². The zero-order valence-corrected chi connectivity index (χ0v) is 7.95. The predicted molar refractivity (Wildman–Crippen MR) is 42.9 cm³/mol. The fourth-order valence-corrected chi connectivity index (χ4v) is 0.442. The molecule has 0 aliphatic carbocycles. The highest BCUT2D eigenvalue weighted by Gasteiger charge is 2.32. The predicted octanol–water partition coefficient (Wildman–Crippen LogP) is 1.28. The van der Waals surface area contributed by atoms with Crippen molar-refractivity contribution in [1.82, 2.24) is 0 Å². The van der Waals surface area contributed by atoms with Crippen LogP contribution in [0.3, 0.4) is 0 Å². The maximum atomic E-state index is 10.6. The molecule has 0 bridgehead atoms. The molecule has 11 heavy (non-hydrogen) atoms. The molecule has 0 saturated heterocycles. The summed E-state index contributed by atoms with van der Waals surface area (Å²) in [6.07, 6.45) is -0.758. The van der Waals surface area contributed by atoms with Crippen molar-refractivity contribution in [3.05, 3.63) is 0 Å². The van der Waals surface area contributed by atoms with E-state index in [9.17, 15) is 4.79 Å². The normalized spacial score (nSPS) is 14.3. The van der Waals surface area contributed by atoms with E-state index in [1.165, 1.54) is 6.92 Å². The number of aliphatic hydroxyl groups is 1. The Morgan fingerprint density at radius 3 is 2.36 bits per heavy atom. The van der Waals surface area contributed by atoms with Gasteiger partial charge in [-0.15, -0.1) is 0 Å².